The standard InChI is InChI=1S/C11H12N2O2S/c1-8-7-12-11(16-8)13-10(14)5-4-9-3-2-6-15-9/h2-3,6-7H,4-5H2,1H3,(H,12,13,14). The Morgan fingerprint density at radius 2 is 2.50 bits per heavy atom. The minimum Gasteiger partial charge on any atom is -0.469 e. The minimum absolute atomic E-state index is 0.0363. The van der Waals surface area contributed by atoms with Crippen LogP contribution in [0.25, 0.3) is 0 Å². The molecule has 0 saturated carbocycles. The molecule has 2 aromatic rings. The van der Waals surface area contributed by atoms with Gasteiger partial charge in [0.05, 0.1) is 6.26 Å². The van der Waals surface area contributed by atoms with Crippen molar-refractivity contribution in [2.24, 2.45) is 0 Å². The molecule has 0 fully saturated rings. The van der Waals surface area contributed by atoms with Gasteiger partial charge in [-0.3, -0.25) is 4.79 Å². The Balaban J connectivity index is 1.81. The number of aryl methyl sites for hydroxylation is 2. The fourth-order valence-corrected chi connectivity index (χ4v) is 1.97. The Hall–Kier alpha value is -1.62. The second kappa shape index (κ2) is 4.94. The summed E-state index contributed by atoms with van der Waals surface area (Å²) >= 11 is 1.47. The van der Waals surface area contributed by atoms with Crippen molar-refractivity contribution in [1.82, 2.24) is 4.98 Å². The van der Waals surface area contributed by atoms with Crippen molar-refractivity contribution in [1.29, 1.82) is 0 Å². The summed E-state index contributed by atoms with van der Waals surface area (Å²) in [4.78, 5) is 16.7. The second-order valence-electron chi connectivity index (χ2n) is 3.40. The highest BCUT2D eigenvalue weighted by molar-refractivity contribution is 7.15. The summed E-state index contributed by atoms with van der Waals surface area (Å²) in [6.07, 6.45) is 4.37. The van der Waals surface area contributed by atoms with Gasteiger partial charge in [0.25, 0.3) is 0 Å². The SMILES string of the molecule is Cc1cnc(NC(=O)CCc2ccco2)s1. The van der Waals surface area contributed by atoms with Gasteiger partial charge in [0, 0.05) is 23.9 Å². The average molecular weight is 236 g/mol. The molecular formula is C11H12N2O2S. The molecule has 4 nitrogen and oxygen atoms in total. The van der Waals surface area contributed by atoms with Crippen LogP contribution in [0, 0.1) is 6.92 Å². The predicted octanol–water partition coefficient (Wildman–Crippen LogP) is 2.62. The topological polar surface area (TPSA) is 55.1 Å². The molecule has 1 N–H and O–H groups in total. The number of aromatic nitrogens is 1. The highest BCUT2D eigenvalue weighted by atomic mass is 32.1. The fourth-order valence-electron chi connectivity index (χ4n) is 1.29. The van der Waals surface area contributed by atoms with Crippen LogP contribution in [0.4, 0.5) is 5.13 Å². The van der Waals surface area contributed by atoms with E-state index in [1.54, 1.807) is 12.5 Å². The second-order valence-corrected chi connectivity index (χ2v) is 4.64. The zero-order valence-corrected chi connectivity index (χ0v) is 9.71. The van der Waals surface area contributed by atoms with Crippen molar-refractivity contribution >= 4 is 22.4 Å². The van der Waals surface area contributed by atoms with E-state index in [4.69, 9.17) is 4.42 Å². The first kappa shape index (κ1) is 10.9. The molecule has 2 rings (SSSR count). The predicted molar refractivity (Wildman–Crippen MR) is 62.5 cm³/mol. The van der Waals surface area contributed by atoms with Crippen LogP contribution in [0.2, 0.25) is 0 Å². The lowest BCUT2D eigenvalue weighted by Crippen LogP contribution is -2.11. The van der Waals surface area contributed by atoms with Gasteiger partial charge >= 0.3 is 0 Å². The third-order valence-electron chi connectivity index (χ3n) is 2.05. The van der Waals surface area contributed by atoms with E-state index in [2.05, 4.69) is 10.3 Å². The average Bonchev–Trinajstić information content (AvgIpc) is 2.87. The molecule has 0 aromatic carbocycles. The molecule has 5 heteroatoms. The van der Waals surface area contributed by atoms with Crippen LogP contribution >= 0.6 is 11.3 Å². The van der Waals surface area contributed by atoms with Crippen molar-refractivity contribution in [2.45, 2.75) is 19.8 Å². The lowest BCUT2D eigenvalue weighted by molar-refractivity contribution is -0.116. The summed E-state index contributed by atoms with van der Waals surface area (Å²) in [5, 5.41) is 3.41. The van der Waals surface area contributed by atoms with E-state index >= 15 is 0 Å². The van der Waals surface area contributed by atoms with E-state index < -0.39 is 0 Å². The normalized spacial score (nSPS) is 10.3. The van der Waals surface area contributed by atoms with Crippen molar-refractivity contribution < 1.29 is 9.21 Å². The number of furan rings is 1. The molecule has 0 aliphatic carbocycles. The summed E-state index contributed by atoms with van der Waals surface area (Å²) in [5.41, 5.74) is 0. The molecule has 0 bridgehead atoms. The number of amides is 1. The van der Waals surface area contributed by atoms with Crippen LogP contribution in [-0.2, 0) is 11.2 Å². The van der Waals surface area contributed by atoms with Gasteiger partial charge < -0.3 is 9.73 Å². The Morgan fingerprint density at radius 1 is 1.62 bits per heavy atom. The van der Waals surface area contributed by atoms with E-state index in [0.29, 0.717) is 18.0 Å². The molecule has 0 atom stereocenters. The van der Waals surface area contributed by atoms with Crippen LogP contribution in [0.1, 0.15) is 17.1 Å². The highest BCUT2D eigenvalue weighted by Gasteiger charge is 2.06. The molecule has 0 aliphatic heterocycles. The largest absolute Gasteiger partial charge is 0.469 e. The number of carbonyl (C=O) groups excluding carboxylic acids is 1. The quantitative estimate of drug-likeness (QED) is 0.887. The van der Waals surface area contributed by atoms with Gasteiger partial charge in [-0.05, 0) is 19.1 Å². The molecule has 2 aromatic heterocycles. The number of nitrogens with one attached hydrogen (secondary N) is 1. The molecule has 0 unspecified atom stereocenters. The van der Waals surface area contributed by atoms with Gasteiger partial charge in [0.15, 0.2) is 5.13 Å². The first-order chi connectivity index (χ1) is 7.74. The smallest absolute Gasteiger partial charge is 0.226 e. The zero-order chi connectivity index (χ0) is 11.4. The van der Waals surface area contributed by atoms with Gasteiger partial charge in [-0.15, -0.1) is 11.3 Å². The molecule has 0 saturated heterocycles. The van der Waals surface area contributed by atoms with Crippen LogP contribution in [0.15, 0.2) is 29.0 Å². The van der Waals surface area contributed by atoms with E-state index in [-0.39, 0.29) is 5.91 Å². The van der Waals surface area contributed by atoms with E-state index in [1.807, 2.05) is 19.1 Å². The fraction of sp³-hybridized carbons (Fsp3) is 0.273. The maximum Gasteiger partial charge on any atom is 0.226 e. The molecule has 84 valence electrons. The Morgan fingerprint density at radius 3 is 3.12 bits per heavy atom. The molecule has 1 amide bonds. The summed E-state index contributed by atoms with van der Waals surface area (Å²) in [5.74, 6) is 0.788. The number of hydrogen-bond donors (Lipinski definition) is 1. The molecular weight excluding hydrogens is 224 g/mol. The lowest BCUT2D eigenvalue weighted by Gasteiger charge is -1.99. The molecule has 0 radical (unpaired) electrons. The summed E-state index contributed by atoms with van der Waals surface area (Å²) in [6, 6.07) is 3.68. The lowest BCUT2D eigenvalue weighted by atomic mass is 10.2. The van der Waals surface area contributed by atoms with Crippen molar-refractivity contribution in [3.05, 3.63) is 35.2 Å². The van der Waals surface area contributed by atoms with Gasteiger partial charge in [0.1, 0.15) is 5.76 Å². The van der Waals surface area contributed by atoms with Crippen LogP contribution in [0.5, 0.6) is 0 Å². The third kappa shape index (κ3) is 2.93. The number of rotatable bonds is 4. The Labute approximate surface area is 97.3 Å². The summed E-state index contributed by atoms with van der Waals surface area (Å²) < 4.78 is 5.15. The zero-order valence-electron chi connectivity index (χ0n) is 8.90. The number of thiazole rings is 1. The molecule has 0 spiro atoms. The van der Waals surface area contributed by atoms with E-state index in [1.165, 1.54) is 11.3 Å². The molecule has 0 aliphatic rings. The maximum absolute atomic E-state index is 11.5. The summed E-state index contributed by atoms with van der Waals surface area (Å²) in [7, 11) is 0. The first-order valence-corrected chi connectivity index (χ1v) is 5.80. The minimum atomic E-state index is -0.0363. The first-order valence-electron chi connectivity index (χ1n) is 4.99. The summed E-state index contributed by atoms with van der Waals surface area (Å²) in [6.45, 7) is 1.95. The van der Waals surface area contributed by atoms with Crippen molar-refractivity contribution in [3.63, 3.8) is 0 Å². The number of nitrogens with zero attached hydrogens (tertiary/aromatic N) is 1. The van der Waals surface area contributed by atoms with Gasteiger partial charge in [-0.2, -0.15) is 0 Å². The number of carbonyl (C=O) groups is 1. The molecule has 16 heavy (non-hydrogen) atoms. The Kier molecular flexibility index (Phi) is 3.36. The molecule has 2 heterocycles. The van der Waals surface area contributed by atoms with E-state index in [0.717, 1.165) is 10.6 Å². The van der Waals surface area contributed by atoms with Gasteiger partial charge in [0.2, 0.25) is 5.91 Å². The number of hydrogen-bond acceptors (Lipinski definition) is 4. The van der Waals surface area contributed by atoms with Crippen LogP contribution in [0.3, 0.4) is 0 Å². The highest BCUT2D eigenvalue weighted by Crippen LogP contribution is 2.16. The van der Waals surface area contributed by atoms with Crippen LogP contribution < -0.4 is 5.32 Å². The van der Waals surface area contributed by atoms with Gasteiger partial charge in [-0.25, -0.2) is 4.98 Å². The van der Waals surface area contributed by atoms with Crippen LogP contribution in [-0.4, -0.2) is 10.9 Å². The van der Waals surface area contributed by atoms with E-state index in [9.17, 15) is 4.79 Å². The third-order valence-corrected chi connectivity index (χ3v) is 2.87. The monoisotopic (exact) mass is 236 g/mol. The Bertz CT molecular complexity index is 462. The maximum atomic E-state index is 11.5. The van der Waals surface area contributed by atoms with Gasteiger partial charge in [-0.1, -0.05) is 0 Å². The number of anilines is 1. The van der Waals surface area contributed by atoms with Crippen molar-refractivity contribution in [2.75, 3.05) is 5.32 Å². The van der Waals surface area contributed by atoms with Crippen molar-refractivity contribution in [3.8, 4) is 0 Å².